The lowest BCUT2D eigenvalue weighted by atomic mass is 10.2. The number of sulfone groups is 1. The Morgan fingerprint density at radius 3 is 2.20 bits per heavy atom. The predicted octanol–water partition coefficient (Wildman–Crippen LogP) is 4.16. The van der Waals surface area contributed by atoms with Gasteiger partial charge in [0.2, 0.25) is 5.91 Å². The van der Waals surface area contributed by atoms with Crippen molar-refractivity contribution in [1.82, 2.24) is 9.88 Å². The summed E-state index contributed by atoms with van der Waals surface area (Å²) in [5, 5.41) is 0.493. The summed E-state index contributed by atoms with van der Waals surface area (Å²) in [6.07, 6.45) is -0.140. The molecule has 0 bridgehead atoms. The zero-order valence-electron chi connectivity index (χ0n) is 20.9. The van der Waals surface area contributed by atoms with Gasteiger partial charge in [-0.2, -0.15) is 0 Å². The van der Waals surface area contributed by atoms with E-state index >= 15 is 0 Å². The van der Waals surface area contributed by atoms with E-state index < -0.39 is 9.84 Å². The first-order valence-corrected chi connectivity index (χ1v) is 14.0. The molecule has 0 unspecified atom stereocenters. The van der Waals surface area contributed by atoms with Gasteiger partial charge < -0.3 is 14.4 Å². The molecule has 3 aromatic rings. The van der Waals surface area contributed by atoms with E-state index in [0.29, 0.717) is 35.2 Å². The second-order valence-electron chi connectivity index (χ2n) is 8.10. The molecule has 0 aliphatic heterocycles. The van der Waals surface area contributed by atoms with Gasteiger partial charge in [0.05, 0.1) is 24.9 Å². The standard InChI is InChI=1S/C25H33N3O5S2/c1-6-27(7-2)15-16-28(22(29)14-17-35(30,31)19-10-8-18(3)9-11-19)25-26-23-20(32-4)12-13-21(33-5)24(23)34-25/h8-13H,6-7,14-17H2,1-5H3. The van der Waals surface area contributed by atoms with Crippen LogP contribution in [0.4, 0.5) is 5.13 Å². The molecule has 0 aliphatic carbocycles. The van der Waals surface area contributed by atoms with Crippen LogP contribution in [0, 0.1) is 6.92 Å². The molecule has 0 radical (unpaired) electrons. The molecule has 35 heavy (non-hydrogen) atoms. The highest BCUT2D eigenvalue weighted by atomic mass is 32.2. The summed E-state index contributed by atoms with van der Waals surface area (Å²) in [7, 11) is -0.437. The Labute approximate surface area is 211 Å². The maximum absolute atomic E-state index is 13.4. The maximum Gasteiger partial charge on any atom is 0.229 e. The molecule has 1 amide bonds. The van der Waals surface area contributed by atoms with Crippen LogP contribution in [-0.4, -0.2) is 70.4 Å². The minimum Gasteiger partial charge on any atom is -0.495 e. The van der Waals surface area contributed by atoms with Gasteiger partial charge in [-0.25, -0.2) is 13.4 Å². The number of rotatable bonds is 12. The average Bonchev–Trinajstić information content (AvgIpc) is 3.30. The maximum atomic E-state index is 13.4. The number of nitrogens with zero attached hydrogens (tertiary/aromatic N) is 3. The lowest BCUT2D eigenvalue weighted by molar-refractivity contribution is -0.118. The number of hydrogen-bond acceptors (Lipinski definition) is 8. The monoisotopic (exact) mass is 519 g/mol. The molecule has 0 aliphatic rings. The summed E-state index contributed by atoms with van der Waals surface area (Å²) in [5.41, 5.74) is 1.59. The van der Waals surface area contributed by atoms with E-state index in [1.807, 2.05) is 6.92 Å². The van der Waals surface area contributed by atoms with Crippen LogP contribution in [0.5, 0.6) is 11.5 Å². The van der Waals surface area contributed by atoms with Crippen molar-refractivity contribution >= 4 is 42.4 Å². The third-order valence-electron chi connectivity index (χ3n) is 5.93. The lowest BCUT2D eigenvalue weighted by Gasteiger charge is -2.24. The minimum atomic E-state index is -3.59. The number of anilines is 1. The second kappa shape index (κ2) is 11.8. The number of ether oxygens (including phenoxy) is 2. The van der Waals surface area contributed by atoms with Crippen molar-refractivity contribution in [3.63, 3.8) is 0 Å². The van der Waals surface area contributed by atoms with E-state index in [1.165, 1.54) is 11.3 Å². The Kier molecular flexibility index (Phi) is 9.09. The molecule has 10 heteroatoms. The van der Waals surface area contributed by atoms with E-state index in [-0.39, 0.29) is 23.0 Å². The molecular formula is C25H33N3O5S2. The van der Waals surface area contributed by atoms with Gasteiger partial charge in [0.1, 0.15) is 21.7 Å². The van der Waals surface area contributed by atoms with E-state index in [4.69, 9.17) is 14.5 Å². The Morgan fingerprint density at radius 2 is 1.60 bits per heavy atom. The molecule has 1 aromatic heterocycles. The number of amides is 1. The van der Waals surface area contributed by atoms with Crippen molar-refractivity contribution in [2.24, 2.45) is 0 Å². The van der Waals surface area contributed by atoms with Crippen molar-refractivity contribution in [2.45, 2.75) is 32.1 Å². The fourth-order valence-electron chi connectivity index (χ4n) is 3.72. The van der Waals surface area contributed by atoms with E-state index in [2.05, 4.69) is 18.7 Å². The van der Waals surface area contributed by atoms with Crippen molar-refractivity contribution < 1.29 is 22.7 Å². The molecule has 0 saturated carbocycles. The Bertz CT molecular complexity index is 1210. The van der Waals surface area contributed by atoms with Gasteiger partial charge in [0.15, 0.2) is 15.0 Å². The number of aryl methyl sites for hydroxylation is 1. The number of hydrogen-bond donors (Lipinski definition) is 0. The molecule has 0 saturated heterocycles. The second-order valence-corrected chi connectivity index (χ2v) is 11.2. The van der Waals surface area contributed by atoms with Gasteiger partial charge >= 0.3 is 0 Å². The van der Waals surface area contributed by atoms with E-state index in [1.54, 1.807) is 55.5 Å². The number of thiazole rings is 1. The first kappa shape index (κ1) is 26.9. The molecule has 190 valence electrons. The first-order valence-electron chi connectivity index (χ1n) is 11.6. The Balaban J connectivity index is 1.90. The summed E-state index contributed by atoms with van der Waals surface area (Å²) < 4.78 is 37.4. The highest BCUT2D eigenvalue weighted by Gasteiger charge is 2.25. The van der Waals surface area contributed by atoms with Crippen molar-refractivity contribution in [1.29, 1.82) is 0 Å². The molecule has 0 fully saturated rings. The summed E-state index contributed by atoms with van der Waals surface area (Å²) >= 11 is 1.33. The van der Waals surface area contributed by atoms with Crippen LogP contribution in [0.25, 0.3) is 10.2 Å². The first-order chi connectivity index (χ1) is 16.7. The van der Waals surface area contributed by atoms with Crippen LogP contribution in [0.15, 0.2) is 41.3 Å². The van der Waals surface area contributed by atoms with Crippen molar-refractivity contribution in [2.75, 3.05) is 51.1 Å². The lowest BCUT2D eigenvalue weighted by Crippen LogP contribution is -2.39. The molecule has 3 rings (SSSR count). The van der Waals surface area contributed by atoms with Crippen LogP contribution in [0.3, 0.4) is 0 Å². The van der Waals surface area contributed by atoms with Crippen LogP contribution < -0.4 is 14.4 Å². The third kappa shape index (κ3) is 6.31. The van der Waals surface area contributed by atoms with Gasteiger partial charge in [-0.1, -0.05) is 42.9 Å². The van der Waals surface area contributed by atoms with Crippen LogP contribution >= 0.6 is 11.3 Å². The van der Waals surface area contributed by atoms with Gasteiger partial charge in [-0.3, -0.25) is 9.69 Å². The summed E-state index contributed by atoms with van der Waals surface area (Å²) in [6, 6.07) is 10.3. The number of carbonyl (C=O) groups excluding carboxylic acids is 1. The van der Waals surface area contributed by atoms with Crippen molar-refractivity contribution in [3.05, 3.63) is 42.0 Å². The van der Waals surface area contributed by atoms with Gasteiger partial charge in [0, 0.05) is 19.5 Å². The molecular weight excluding hydrogens is 486 g/mol. The van der Waals surface area contributed by atoms with Gasteiger partial charge in [-0.05, 0) is 44.3 Å². The minimum absolute atomic E-state index is 0.140. The zero-order chi connectivity index (χ0) is 25.6. The number of benzene rings is 2. The van der Waals surface area contributed by atoms with Gasteiger partial charge in [0.25, 0.3) is 0 Å². The number of fused-ring (bicyclic) bond motifs is 1. The molecule has 8 nitrogen and oxygen atoms in total. The van der Waals surface area contributed by atoms with Crippen LogP contribution in [0.2, 0.25) is 0 Å². The largest absolute Gasteiger partial charge is 0.495 e. The number of carbonyl (C=O) groups is 1. The topological polar surface area (TPSA) is 89.0 Å². The molecule has 1 heterocycles. The highest BCUT2D eigenvalue weighted by Crippen LogP contribution is 2.40. The fraction of sp³-hybridized carbons (Fsp3) is 0.440. The number of methoxy groups -OCH3 is 2. The quantitative estimate of drug-likeness (QED) is 0.355. The fourth-order valence-corrected chi connectivity index (χ4v) is 6.07. The normalized spacial score (nSPS) is 11.7. The summed E-state index contributed by atoms with van der Waals surface area (Å²) in [4.78, 5) is 22.1. The van der Waals surface area contributed by atoms with E-state index in [9.17, 15) is 13.2 Å². The molecule has 0 N–H and O–H groups in total. The average molecular weight is 520 g/mol. The Hall–Kier alpha value is -2.69. The van der Waals surface area contributed by atoms with Crippen molar-refractivity contribution in [3.8, 4) is 11.5 Å². The number of aromatic nitrogens is 1. The number of likely N-dealkylation sites (N-methyl/N-ethyl adjacent to an activating group) is 1. The van der Waals surface area contributed by atoms with E-state index in [0.717, 1.165) is 23.4 Å². The molecule has 0 spiro atoms. The molecule has 0 atom stereocenters. The Morgan fingerprint density at radius 1 is 0.971 bits per heavy atom. The molecule has 2 aromatic carbocycles. The summed E-state index contributed by atoms with van der Waals surface area (Å²) in [5.74, 6) is 0.669. The zero-order valence-corrected chi connectivity index (χ0v) is 22.5. The smallest absolute Gasteiger partial charge is 0.229 e. The SMILES string of the molecule is CCN(CC)CCN(C(=O)CCS(=O)(=O)c1ccc(C)cc1)c1nc2c(OC)ccc(OC)c2s1. The highest BCUT2D eigenvalue weighted by molar-refractivity contribution is 7.91. The summed E-state index contributed by atoms with van der Waals surface area (Å²) in [6.45, 7) is 8.77. The predicted molar refractivity (Wildman–Crippen MR) is 141 cm³/mol. The van der Waals surface area contributed by atoms with Gasteiger partial charge in [-0.15, -0.1) is 0 Å². The third-order valence-corrected chi connectivity index (χ3v) is 8.75. The van der Waals surface area contributed by atoms with Crippen LogP contribution in [0.1, 0.15) is 25.8 Å². The van der Waals surface area contributed by atoms with Crippen LogP contribution in [-0.2, 0) is 14.6 Å².